The van der Waals surface area contributed by atoms with Gasteiger partial charge >= 0.3 is 5.97 Å². The summed E-state index contributed by atoms with van der Waals surface area (Å²) >= 11 is 8.18. The summed E-state index contributed by atoms with van der Waals surface area (Å²) in [4.78, 5) is 24.0. The predicted octanol–water partition coefficient (Wildman–Crippen LogP) is 2.64. The van der Waals surface area contributed by atoms with E-state index in [2.05, 4.69) is 20.3 Å². The summed E-state index contributed by atoms with van der Waals surface area (Å²) in [7, 11) is -2.49. The summed E-state index contributed by atoms with van der Waals surface area (Å²) < 4.78 is 30.9. The molecule has 0 aliphatic rings. The van der Waals surface area contributed by atoms with Crippen LogP contribution in [0.5, 0.6) is 0 Å². The van der Waals surface area contributed by atoms with Gasteiger partial charge in [0.05, 0.1) is 24.8 Å². The van der Waals surface area contributed by atoms with E-state index in [0.717, 1.165) is 33.7 Å². The zero-order valence-electron chi connectivity index (χ0n) is 15.8. The molecule has 13 heteroatoms. The van der Waals surface area contributed by atoms with Crippen molar-refractivity contribution < 1.29 is 22.7 Å². The van der Waals surface area contributed by atoms with E-state index in [1.165, 1.54) is 13.2 Å². The van der Waals surface area contributed by atoms with Crippen LogP contribution in [0.25, 0.3) is 0 Å². The molecule has 0 aliphatic heterocycles. The summed E-state index contributed by atoms with van der Waals surface area (Å²) in [6.07, 6.45) is 1.24. The van der Waals surface area contributed by atoms with Crippen LogP contribution >= 0.6 is 34.7 Å². The van der Waals surface area contributed by atoms with Gasteiger partial charge in [0.1, 0.15) is 6.04 Å². The lowest BCUT2D eigenvalue weighted by atomic mass is 10.2. The highest BCUT2D eigenvalue weighted by molar-refractivity contribution is 8.01. The van der Waals surface area contributed by atoms with Crippen LogP contribution in [0.4, 0.5) is 10.8 Å². The lowest BCUT2D eigenvalue weighted by Crippen LogP contribution is -2.47. The molecule has 0 bridgehead atoms. The molecule has 0 radical (unpaired) electrons. The van der Waals surface area contributed by atoms with Crippen molar-refractivity contribution in [1.29, 1.82) is 0 Å². The quantitative estimate of drug-likeness (QED) is 0.332. The van der Waals surface area contributed by atoms with E-state index in [1.807, 2.05) is 0 Å². The number of methoxy groups -OCH3 is 1. The number of ether oxygens (including phenoxy) is 1. The van der Waals surface area contributed by atoms with Crippen molar-refractivity contribution in [3.63, 3.8) is 0 Å². The molecule has 1 aromatic carbocycles. The first-order valence-corrected chi connectivity index (χ1v) is 12.3. The maximum absolute atomic E-state index is 12.8. The Hall–Kier alpha value is -1.89. The van der Waals surface area contributed by atoms with E-state index in [0.29, 0.717) is 9.36 Å². The number of hydrogen-bond donors (Lipinski definition) is 1. The minimum atomic E-state index is -3.77. The Bertz CT molecular complexity index is 982. The first-order valence-electron chi connectivity index (χ1n) is 8.24. The molecule has 1 atom stereocenters. The van der Waals surface area contributed by atoms with Gasteiger partial charge in [-0.2, -0.15) is 0 Å². The van der Waals surface area contributed by atoms with E-state index < -0.39 is 27.9 Å². The van der Waals surface area contributed by atoms with E-state index in [9.17, 15) is 18.0 Å². The molecule has 0 spiro atoms. The molecule has 0 saturated heterocycles. The number of carbonyl (C=O) groups is 2. The molecule has 1 heterocycles. The van der Waals surface area contributed by atoms with Gasteiger partial charge in [0.25, 0.3) is 0 Å². The molecular formula is C16H19ClN4O5S3. The number of thioether (sulfide) groups is 1. The summed E-state index contributed by atoms with van der Waals surface area (Å²) in [5.41, 5.74) is 0.286. The Kier molecular flexibility index (Phi) is 8.25. The fraction of sp³-hybridized carbons (Fsp3) is 0.375. The zero-order chi connectivity index (χ0) is 21.6. The average Bonchev–Trinajstić information content (AvgIpc) is 3.10. The van der Waals surface area contributed by atoms with Gasteiger partial charge in [-0.25, -0.2) is 8.42 Å². The summed E-state index contributed by atoms with van der Waals surface area (Å²) in [6.45, 7) is 1.70. The minimum Gasteiger partial charge on any atom is -0.468 e. The van der Waals surface area contributed by atoms with Crippen molar-refractivity contribution in [1.82, 2.24) is 10.2 Å². The number of benzene rings is 1. The van der Waals surface area contributed by atoms with Gasteiger partial charge in [0.15, 0.2) is 4.34 Å². The second-order valence-electron chi connectivity index (χ2n) is 5.69. The average molecular weight is 479 g/mol. The normalized spacial score (nSPS) is 12.3. The van der Waals surface area contributed by atoms with Crippen molar-refractivity contribution in [2.24, 2.45) is 0 Å². The number of esters is 1. The number of amides is 1. The van der Waals surface area contributed by atoms with Crippen molar-refractivity contribution in [2.45, 2.75) is 23.7 Å². The van der Waals surface area contributed by atoms with E-state index in [4.69, 9.17) is 11.6 Å². The SMILES string of the molecule is CCC(C(=O)Nc1nnc(SCC(=O)OC)s1)N(c1cccc(Cl)c1)S(C)(=O)=O. The Morgan fingerprint density at radius 2 is 2.10 bits per heavy atom. The molecule has 0 saturated carbocycles. The van der Waals surface area contributed by atoms with Gasteiger partial charge in [-0.3, -0.25) is 19.2 Å². The molecule has 0 aliphatic carbocycles. The van der Waals surface area contributed by atoms with Crippen molar-refractivity contribution in [3.05, 3.63) is 29.3 Å². The maximum atomic E-state index is 12.8. The van der Waals surface area contributed by atoms with Crippen LogP contribution in [-0.4, -0.2) is 55.7 Å². The Balaban J connectivity index is 2.20. The monoisotopic (exact) mass is 478 g/mol. The lowest BCUT2D eigenvalue weighted by Gasteiger charge is -2.29. The number of halogens is 1. The zero-order valence-corrected chi connectivity index (χ0v) is 19.0. The van der Waals surface area contributed by atoms with Crippen LogP contribution < -0.4 is 9.62 Å². The molecule has 9 nitrogen and oxygen atoms in total. The van der Waals surface area contributed by atoms with Gasteiger partial charge in [0, 0.05) is 5.02 Å². The summed E-state index contributed by atoms with van der Waals surface area (Å²) in [6, 6.07) is 5.25. The van der Waals surface area contributed by atoms with Crippen molar-refractivity contribution in [2.75, 3.05) is 28.7 Å². The summed E-state index contributed by atoms with van der Waals surface area (Å²) in [5, 5.41) is 10.9. The molecule has 0 fully saturated rings. The topological polar surface area (TPSA) is 119 Å². The number of hydrogen-bond acceptors (Lipinski definition) is 9. The Labute approximate surface area is 181 Å². The summed E-state index contributed by atoms with van der Waals surface area (Å²) in [5.74, 6) is -0.904. The van der Waals surface area contributed by atoms with Crippen molar-refractivity contribution >= 4 is 67.4 Å². The van der Waals surface area contributed by atoms with Gasteiger partial charge in [-0.05, 0) is 24.6 Å². The largest absolute Gasteiger partial charge is 0.468 e. The molecule has 1 aromatic heterocycles. The Morgan fingerprint density at radius 1 is 1.38 bits per heavy atom. The number of anilines is 2. The second kappa shape index (κ2) is 10.2. The number of aromatic nitrogens is 2. The number of rotatable bonds is 9. The Morgan fingerprint density at radius 3 is 2.69 bits per heavy atom. The number of sulfonamides is 1. The van der Waals surface area contributed by atoms with Crippen LogP contribution in [0.1, 0.15) is 13.3 Å². The predicted molar refractivity (Wildman–Crippen MR) is 114 cm³/mol. The van der Waals surface area contributed by atoms with Crippen molar-refractivity contribution in [3.8, 4) is 0 Å². The minimum absolute atomic E-state index is 0.0628. The van der Waals surface area contributed by atoms with Crippen LogP contribution in [-0.2, 0) is 24.3 Å². The molecule has 158 valence electrons. The molecule has 1 N–H and O–H groups in total. The highest BCUT2D eigenvalue weighted by atomic mass is 35.5. The fourth-order valence-corrected chi connectivity index (χ4v) is 5.34. The first kappa shape index (κ1) is 23.4. The fourth-order valence-electron chi connectivity index (χ4n) is 2.36. The molecule has 1 amide bonds. The molecular weight excluding hydrogens is 460 g/mol. The van der Waals surface area contributed by atoms with Crippen LogP contribution in [0.2, 0.25) is 5.02 Å². The molecule has 2 rings (SSSR count). The highest BCUT2D eigenvalue weighted by Crippen LogP contribution is 2.28. The molecule has 1 unspecified atom stereocenters. The standard InChI is InChI=1S/C16H19ClN4O5S3/c1-4-12(21(29(3,24)25)11-7-5-6-10(17)8-11)14(23)18-15-19-20-16(28-15)27-9-13(22)26-2/h5-8,12H,4,9H2,1-3H3,(H,18,19,23). The third kappa shape index (κ3) is 6.56. The van der Waals surface area contributed by atoms with Crippen LogP contribution in [0.15, 0.2) is 28.6 Å². The van der Waals surface area contributed by atoms with Gasteiger partial charge in [-0.15, -0.1) is 10.2 Å². The van der Waals surface area contributed by atoms with Gasteiger partial charge in [0.2, 0.25) is 21.1 Å². The lowest BCUT2D eigenvalue weighted by molar-refractivity contribution is -0.137. The highest BCUT2D eigenvalue weighted by Gasteiger charge is 2.32. The van der Waals surface area contributed by atoms with Gasteiger partial charge < -0.3 is 4.74 Å². The van der Waals surface area contributed by atoms with E-state index in [1.54, 1.807) is 25.1 Å². The van der Waals surface area contributed by atoms with Crippen LogP contribution in [0.3, 0.4) is 0 Å². The maximum Gasteiger partial charge on any atom is 0.316 e. The number of nitrogens with zero attached hydrogens (tertiary/aromatic N) is 3. The first-order chi connectivity index (χ1) is 13.7. The number of nitrogens with one attached hydrogen (secondary N) is 1. The number of carbonyl (C=O) groups excluding carboxylic acids is 2. The second-order valence-corrected chi connectivity index (χ2v) is 10.2. The third-order valence-electron chi connectivity index (χ3n) is 3.57. The third-order valence-corrected chi connectivity index (χ3v) is 6.93. The van der Waals surface area contributed by atoms with E-state index >= 15 is 0 Å². The smallest absolute Gasteiger partial charge is 0.316 e. The van der Waals surface area contributed by atoms with E-state index in [-0.39, 0.29) is 23.0 Å². The molecule has 29 heavy (non-hydrogen) atoms. The molecule has 2 aromatic rings. The van der Waals surface area contributed by atoms with Crippen LogP contribution in [0, 0.1) is 0 Å². The van der Waals surface area contributed by atoms with Gasteiger partial charge in [-0.1, -0.05) is 47.7 Å².